The molecule has 0 radical (unpaired) electrons. The lowest BCUT2D eigenvalue weighted by molar-refractivity contribution is 0.203. The Labute approximate surface area is 148 Å². The minimum atomic E-state index is -0.527. The molecule has 0 aliphatic rings. The van der Waals surface area contributed by atoms with Gasteiger partial charge < -0.3 is 15.3 Å². The van der Waals surface area contributed by atoms with E-state index in [1.807, 2.05) is 18.2 Å². The maximum atomic E-state index is 12.7. The Kier molecular flexibility index (Phi) is 3.72. The van der Waals surface area contributed by atoms with E-state index >= 15 is 0 Å². The number of fused-ring (bicyclic) bond motifs is 2. The van der Waals surface area contributed by atoms with Gasteiger partial charge >= 0.3 is 0 Å². The van der Waals surface area contributed by atoms with E-state index in [4.69, 9.17) is 15.3 Å². The van der Waals surface area contributed by atoms with Crippen LogP contribution in [0.1, 0.15) is 18.9 Å². The van der Waals surface area contributed by atoms with E-state index in [0.29, 0.717) is 28.2 Å². The highest BCUT2D eigenvalue weighted by molar-refractivity contribution is 5.78. The van der Waals surface area contributed by atoms with Crippen molar-refractivity contribution < 1.29 is 9.47 Å². The number of para-hydroxylation sites is 3. The first kappa shape index (κ1) is 15.9. The van der Waals surface area contributed by atoms with Gasteiger partial charge in [0.05, 0.1) is 18.0 Å². The highest BCUT2D eigenvalue weighted by Gasteiger charge is 2.21. The molecule has 2 N–H and O–H groups in total. The van der Waals surface area contributed by atoms with Gasteiger partial charge in [-0.3, -0.25) is 4.79 Å². The molecule has 0 spiro atoms. The summed E-state index contributed by atoms with van der Waals surface area (Å²) in [5, 5.41) is 4.81. The van der Waals surface area contributed by atoms with Gasteiger partial charge in [-0.2, -0.15) is 4.52 Å². The molecular weight excluding hydrogens is 334 g/mol. The van der Waals surface area contributed by atoms with E-state index in [2.05, 4.69) is 10.1 Å². The van der Waals surface area contributed by atoms with Gasteiger partial charge in [0.2, 0.25) is 0 Å². The van der Waals surface area contributed by atoms with Crippen LogP contribution in [0.4, 0.5) is 0 Å². The summed E-state index contributed by atoms with van der Waals surface area (Å²) in [6.45, 7) is 1.79. The van der Waals surface area contributed by atoms with Crippen molar-refractivity contribution in [3.63, 3.8) is 0 Å². The molecule has 0 bridgehead atoms. The van der Waals surface area contributed by atoms with Gasteiger partial charge in [-0.25, -0.2) is 9.66 Å². The number of aromatic nitrogens is 4. The normalized spacial score (nSPS) is 12.4. The Morgan fingerprint density at radius 1 is 1.08 bits per heavy atom. The molecule has 0 aliphatic heterocycles. The molecule has 0 aliphatic carbocycles. The summed E-state index contributed by atoms with van der Waals surface area (Å²) in [5.74, 6) is 7.92. The second kappa shape index (κ2) is 6.07. The quantitative estimate of drug-likeness (QED) is 0.564. The van der Waals surface area contributed by atoms with Crippen molar-refractivity contribution in [2.45, 2.75) is 13.0 Å². The van der Waals surface area contributed by atoms with Crippen molar-refractivity contribution in [1.29, 1.82) is 0 Å². The monoisotopic (exact) mass is 351 g/mol. The first-order valence-electron chi connectivity index (χ1n) is 8.05. The molecule has 2 aromatic carbocycles. The predicted octanol–water partition coefficient (Wildman–Crippen LogP) is 1.91. The van der Waals surface area contributed by atoms with Crippen molar-refractivity contribution in [3.05, 3.63) is 64.7 Å². The summed E-state index contributed by atoms with van der Waals surface area (Å²) in [4.78, 5) is 17.1. The minimum Gasteiger partial charge on any atom is -0.493 e. The summed E-state index contributed by atoms with van der Waals surface area (Å²) in [5.41, 5.74) is 0.287. The van der Waals surface area contributed by atoms with E-state index < -0.39 is 6.10 Å². The van der Waals surface area contributed by atoms with E-state index in [-0.39, 0.29) is 11.3 Å². The lowest BCUT2D eigenvalue weighted by Crippen LogP contribution is -2.19. The Hall–Kier alpha value is -3.55. The van der Waals surface area contributed by atoms with Crippen molar-refractivity contribution in [3.8, 4) is 11.5 Å². The van der Waals surface area contributed by atoms with E-state index in [9.17, 15) is 4.79 Å². The molecule has 0 saturated carbocycles. The maximum absolute atomic E-state index is 12.7. The second-order valence-corrected chi connectivity index (χ2v) is 5.79. The van der Waals surface area contributed by atoms with Crippen LogP contribution in [-0.4, -0.2) is 26.4 Å². The average Bonchev–Trinajstić information content (AvgIpc) is 3.00. The third kappa shape index (κ3) is 2.43. The fourth-order valence-electron chi connectivity index (χ4n) is 2.85. The Morgan fingerprint density at radius 3 is 2.54 bits per heavy atom. The van der Waals surface area contributed by atoms with E-state index in [1.54, 1.807) is 44.4 Å². The third-order valence-electron chi connectivity index (χ3n) is 4.14. The van der Waals surface area contributed by atoms with Crippen LogP contribution in [0.2, 0.25) is 0 Å². The number of nitrogens with two attached hydrogens (primary N) is 1. The lowest BCUT2D eigenvalue weighted by Gasteiger charge is -2.15. The molecule has 2 aromatic heterocycles. The SMILES string of the molecule is COc1ccccc1OC(C)c1nn2c(=O)c3ccccc3nc2n1N. The molecule has 132 valence electrons. The van der Waals surface area contributed by atoms with Crippen LogP contribution in [0.15, 0.2) is 53.3 Å². The van der Waals surface area contributed by atoms with Crippen molar-refractivity contribution in [2.24, 2.45) is 0 Å². The second-order valence-electron chi connectivity index (χ2n) is 5.79. The number of ether oxygens (including phenoxy) is 2. The molecule has 1 unspecified atom stereocenters. The molecule has 26 heavy (non-hydrogen) atoms. The minimum absolute atomic E-state index is 0.249. The van der Waals surface area contributed by atoms with E-state index in [1.165, 1.54) is 9.19 Å². The van der Waals surface area contributed by atoms with E-state index in [0.717, 1.165) is 0 Å². The maximum Gasteiger partial charge on any atom is 0.283 e. The van der Waals surface area contributed by atoms with Crippen LogP contribution in [0.3, 0.4) is 0 Å². The molecule has 8 nitrogen and oxygen atoms in total. The Morgan fingerprint density at radius 2 is 1.77 bits per heavy atom. The number of hydrogen-bond acceptors (Lipinski definition) is 6. The van der Waals surface area contributed by atoms with Gasteiger partial charge in [0.15, 0.2) is 23.4 Å². The number of nitrogens with zero attached hydrogens (tertiary/aromatic N) is 4. The molecule has 4 aromatic rings. The van der Waals surface area contributed by atoms with Gasteiger partial charge in [0.25, 0.3) is 11.3 Å². The van der Waals surface area contributed by atoms with Gasteiger partial charge in [-0.05, 0) is 31.2 Å². The zero-order chi connectivity index (χ0) is 18.3. The van der Waals surface area contributed by atoms with Crippen LogP contribution in [-0.2, 0) is 0 Å². The highest BCUT2D eigenvalue weighted by Crippen LogP contribution is 2.30. The summed E-state index contributed by atoms with van der Waals surface area (Å²) in [7, 11) is 1.57. The first-order chi connectivity index (χ1) is 12.6. The summed E-state index contributed by atoms with van der Waals surface area (Å²) in [6, 6.07) is 14.4. The van der Waals surface area contributed by atoms with Gasteiger partial charge in [0, 0.05) is 0 Å². The number of methoxy groups -OCH3 is 1. The van der Waals surface area contributed by atoms with Crippen LogP contribution < -0.4 is 20.9 Å². The fourth-order valence-corrected chi connectivity index (χ4v) is 2.85. The topological polar surface area (TPSA) is 96.7 Å². The standard InChI is InChI=1S/C18H17N5O3/c1-11(26-15-10-6-5-9-14(15)25-2)16-21-23-17(24)12-7-3-4-8-13(12)20-18(23)22(16)19/h3-11H,19H2,1-2H3. The van der Waals surface area contributed by atoms with Crippen LogP contribution in [0.5, 0.6) is 11.5 Å². The van der Waals surface area contributed by atoms with Gasteiger partial charge in [0.1, 0.15) is 0 Å². The molecular formula is C18H17N5O3. The predicted molar refractivity (Wildman–Crippen MR) is 96.9 cm³/mol. The van der Waals surface area contributed by atoms with Crippen molar-refractivity contribution >= 4 is 16.7 Å². The number of nitrogen functional groups attached to an aromatic ring is 1. The third-order valence-corrected chi connectivity index (χ3v) is 4.14. The Balaban J connectivity index is 1.81. The fraction of sp³-hybridized carbons (Fsp3) is 0.167. The first-order valence-corrected chi connectivity index (χ1v) is 8.05. The van der Waals surface area contributed by atoms with Crippen molar-refractivity contribution in [1.82, 2.24) is 19.3 Å². The highest BCUT2D eigenvalue weighted by atomic mass is 16.5. The molecule has 8 heteroatoms. The van der Waals surface area contributed by atoms with Crippen molar-refractivity contribution in [2.75, 3.05) is 13.0 Å². The molecule has 0 amide bonds. The largest absolute Gasteiger partial charge is 0.493 e. The van der Waals surface area contributed by atoms with Gasteiger partial charge in [-0.15, -0.1) is 5.10 Å². The zero-order valence-electron chi connectivity index (χ0n) is 14.3. The molecule has 2 heterocycles. The summed E-state index contributed by atoms with van der Waals surface area (Å²) >= 11 is 0. The number of benzene rings is 2. The van der Waals surface area contributed by atoms with Crippen LogP contribution >= 0.6 is 0 Å². The molecule has 4 rings (SSSR count). The Bertz CT molecular complexity index is 1160. The molecule has 0 fully saturated rings. The molecule has 0 saturated heterocycles. The zero-order valence-corrected chi connectivity index (χ0v) is 14.3. The number of hydrogen-bond donors (Lipinski definition) is 1. The summed E-state index contributed by atoms with van der Waals surface area (Å²) in [6.07, 6.45) is -0.527. The van der Waals surface area contributed by atoms with Crippen LogP contribution in [0, 0.1) is 0 Å². The van der Waals surface area contributed by atoms with Crippen LogP contribution in [0.25, 0.3) is 16.7 Å². The smallest absolute Gasteiger partial charge is 0.283 e. The lowest BCUT2D eigenvalue weighted by atomic mass is 10.2. The average molecular weight is 351 g/mol. The molecule has 1 atom stereocenters. The summed E-state index contributed by atoms with van der Waals surface area (Å²) < 4.78 is 13.7. The number of rotatable bonds is 4. The van der Waals surface area contributed by atoms with Gasteiger partial charge in [-0.1, -0.05) is 24.3 Å².